The van der Waals surface area contributed by atoms with Gasteiger partial charge in [-0.15, -0.1) is 0 Å². The molecular weight excluding hydrogens is 306 g/mol. The number of imidazole rings is 1. The third-order valence-electron chi connectivity index (χ3n) is 2.77. The number of fused-ring (bicyclic) bond motifs is 1. The Hall–Kier alpha value is -2.14. The van der Waals surface area contributed by atoms with Gasteiger partial charge in [0.25, 0.3) is 5.91 Å². The first kappa shape index (κ1) is 11.9. The fourth-order valence-electron chi connectivity index (χ4n) is 1.81. The molecule has 19 heavy (non-hydrogen) atoms. The number of aromatic nitrogens is 2. The summed E-state index contributed by atoms with van der Waals surface area (Å²) in [6.07, 6.45) is 5.27. The van der Waals surface area contributed by atoms with E-state index in [4.69, 9.17) is 0 Å². The van der Waals surface area contributed by atoms with Crippen molar-refractivity contribution in [3.63, 3.8) is 0 Å². The van der Waals surface area contributed by atoms with Crippen LogP contribution in [-0.4, -0.2) is 15.3 Å². The lowest BCUT2D eigenvalue weighted by Crippen LogP contribution is -2.12. The molecule has 0 spiro atoms. The minimum Gasteiger partial charge on any atom is -0.321 e. The SMILES string of the molecule is O=C(Nc1ccccc1Br)c1ccc2nccn2c1. The summed E-state index contributed by atoms with van der Waals surface area (Å²) in [6, 6.07) is 11.1. The van der Waals surface area contributed by atoms with Crippen LogP contribution in [0.1, 0.15) is 10.4 Å². The summed E-state index contributed by atoms with van der Waals surface area (Å²) in [4.78, 5) is 16.3. The fourth-order valence-corrected chi connectivity index (χ4v) is 2.20. The largest absolute Gasteiger partial charge is 0.321 e. The highest BCUT2D eigenvalue weighted by Gasteiger charge is 2.08. The van der Waals surface area contributed by atoms with E-state index in [1.807, 2.05) is 40.9 Å². The number of amides is 1. The van der Waals surface area contributed by atoms with Crippen molar-refractivity contribution in [3.8, 4) is 0 Å². The Morgan fingerprint density at radius 1 is 1.21 bits per heavy atom. The first-order valence-corrected chi connectivity index (χ1v) is 6.52. The molecule has 1 aromatic carbocycles. The molecule has 0 aliphatic heterocycles. The summed E-state index contributed by atoms with van der Waals surface area (Å²) in [6.45, 7) is 0. The van der Waals surface area contributed by atoms with Crippen molar-refractivity contribution in [2.75, 3.05) is 5.32 Å². The van der Waals surface area contributed by atoms with Gasteiger partial charge in [0.05, 0.1) is 11.3 Å². The van der Waals surface area contributed by atoms with Crippen molar-refractivity contribution in [1.82, 2.24) is 9.38 Å². The maximum atomic E-state index is 12.2. The highest BCUT2D eigenvalue weighted by atomic mass is 79.9. The maximum Gasteiger partial charge on any atom is 0.257 e. The van der Waals surface area contributed by atoms with Crippen LogP contribution in [0.5, 0.6) is 0 Å². The van der Waals surface area contributed by atoms with Crippen molar-refractivity contribution in [2.45, 2.75) is 0 Å². The molecule has 0 fully saturated rings. The molecule has 3 aromatic rings. The van der Waals surface area contributed by atoms with Crippen molar-refractivity contribution >= 4 is 33.2 Å². The van der Waals surface area contributed by atoms with Gasteiger partial charge in [-0.25, -0.2) is 4.98 Å². The summed E-state index contributed by atoms with van der Waals surface area (Å²) in [5.74, 6) is -0.150. The van der Waals surface area contributed by atoms with E-state index in [-0.39, 0.29) is 5.91 Å². The molecule has 0 atom stereocenters. The van der Waals surface area contributed by atoms with E-state index in [0.717, 1.165) is 15.8 Å². The van der Waals surface area contributed by atoms with Crippen LogP contribution in [-0.2, 0) is 0 Å². The van der Waals surface area contributed by atoms with Crippen LogP contribution in [0.3, 0.4) is 0 Å². The Labute approximate surface area is 118 Å². The number of rotatable bonds is 2. The van der Waals surface area contributed by atoms with E-state index in [2.05, 4.69) is 26.2 Å². The lowest BCUT2D eigenvalue weighted by molar-refractivity contribution is 0.102. The number of anilines is 1. The lowest BCUT2D eigenvalue weighted by Gasteiger charge is -2.07. The second kappa shape index (κ2) is 4.85. The van der Waals surface area contributed by atoms with Gasteiger partial charge in [-0.05, 0) is 40.2 Å². The molecule has 4 nitrogen and oxygen atoms in total. The van der Waals surface area contributed by atoms with Gasteiger partial charge in [-0.3, -0.25) is 4.79 Å². The van der Waals surface area contributed by atoms with Gasteiger partial charge in [0.15, 0.2) is 0 Å². The van der Waals surface area contributed by atoms with E-state index in [9.17, 15) is 4.79 Å². The van der Waals surface area contributed by atoms with Crippen LogP contribution in [0.2, 0.25) is 0 Å². The Kier molecular flexibility index (Phi) is 3.05. The molecule has 2 heterocycles. The van der Waals surface area contributed by atoms with Crippen LogP contribution in [0, 0.1) is 0 Å². The number of benzene rings is 1. The van der Waals surface area contributed by atoms with Crippen LogP contribution in [0.25, 0.3) is 5.65 Å². The van der Waals surface area contributed by atoms with Gasteiger partial charge in [-0.2, -0.15) is 0 Å². The van der Waals surface area contributed by atoms with Gasteiger partial charge in [0.2, 0.25) is 0 Å². The normalized spacial score (nSPS) is 10.6. The highest BCUT2D eigenvalue weighted by molar-refractivity contribution is 9.10. The third kappa shape index (κ3) is 2.37. The number of nitrogens with one attached hydrogen (secondary N) is 1. The molecule has 3 rings (SSSR count). The third-order valence-corrected chi connectivity index (χ3v) is 3.46. The molecule has 0 saturated heterocycles. The Morgan fingerprint density at radius 3 is 2.89 bits per heavy atom. The van der Waals surface area contributed by atoms with E-state index < -0.39 is 0 Å². The predicted octanol–water partition coefficient (Wildman–Crippen LogP) is 3.35. The van der Waals surface area contributed by atoms with Crippen LogP contribution in [0.4, 0.5) is 5.69 Å². The van der Waals surface area contributed by atoms with E-state index in [1.165, 1.54) is 0 Å². The van der Waals surface area contributed by atoms with E-state index in [0.29, 0.717) is 5.56 Å². The molecule has 0 saturated carbocycles. The number of carbonyl (C=O) groups is 1. The summed E-state index contributed by atoms with van der Waals surface area (Å²) in [7, 11) is 0. The van der Waals surface area contributed by atoms with Crippen molar-refractivity contribution < 1.29 is 4.79 Å². The fraction of sp³-hybridized carbons (Fsp3) is 0. The molecule has 5 heteroatoms. The number of hydrogen-bond donors (Lipinski definition) is 1. The Bertz CT molecular complexity index is 751. The second-order valence-electron chi connectivity index (χ2n) is 4.04. The predicted molar refractivity (Wildman–Crippen MR) is 77.3 cm³/mol. The Morgan fingerprint density at radius 2 is 2.05 bits per heavy atom. The average Bonchev–Trinajstić information content (AvgIpc) is 2.88. The van der Waals surface area contributed by atoms with Gasteiger partial charge >= 0.3 is 0 Å². The van der Waals surface area contributed by atoms with Crippen LogP contribution < -0.4 is 5.32 Å². The lowest BCUT2D eigenvalue weighted by atomic mass is 10.2. The number of para-hydroxylation sites is 1. The monoisotopic (exact) mass is 315 g/mol. The molecule has 1 N–H and O–H groups in total. The highest BCUT2D eigenvalue weighted by Crippen LogP contribution is 2.21. The number of halogens is 1. The smallest absolute Gasteiger partial charge is 0.257 e. The zero-order chi connectivity index (χ0) is 13.2. The minimum atomic E-state index is -0.150. The molecular formula is C14H10BrN3O. The maximum absolute atomic E-state index is 12.2. The minimum absolute atomic E-state index is 0.150. The van der Waals surface area contributed by atoms with Gasteiger partial charge in [-0.1, -0.05) is 12.1 Å². The van der Waals surface area contributed by atoms with Crippen LogP contribution >= 0.6 is 15.9 Å². The Balaban J connectivity index is 1.89. The zero-order valence-electron chi connectivity index (χ0n) is 9.88. The number of hydrogen-bond acceptors (Lipinski definition) is 2. The summed E-state index contributed by atoms with van der Waals surface area (Å²) in [5.41, 5.74) is 2.15. The molecule has 0 aliphatic carbocycles. The summed E-state index contributed by atoms with van der Waals surface area (Å²) >= 11 is 3.40. The molecule has 1 amide bonds. The van der Waals surface area contributed by atoms with Gasteiger partial charge in [0, 0.05) is 23.1 Å². The van der Waals surface area contributed by atoms with E-state index in [1.54, 1.807) is 18.5 Å². The molecule has 2 aromatic heterocycles. The number of nitrogens with zero attached hydrogens (tertiary/aromatic N) is 2. The quantitative estimate of drug-likeness (QED) is 0.788. The molecule has 94 valence electrons. The van der Waals surface area contributed by atoms with Crippen molar-refractivity contribution in [2.24, 2.45) is 0 Å². The molecule has 0 radical (unpaired) electrons. The summed E-state index contributed by atoms with van der Waals surface area (Å²) < 4.78 is 2.67. The second-order valence-corrected chi connectivity index (χ2v) is 4.90. The molecule has 0 aliphatic rings. The first-order valence-electron chi connectivity index (χ1n) is 5.72. The number of carbonyl (C=O) groups excluding carboxylic acids is 1. The van der Waals surface area contributed by atoms with Gasteiger partial charge in [0.1, 0.15) is 5.65 Å². The van der Waals surface area contributed by atoms with Crippen molar-refractivity contribution in [1.29, 1.82) is 0 Å². The van der Waals surface area contributed by atoms with Crippen LogP contribution in [0.15, 0.2) is 59.5 Å². The standard InChI is InChI=1S/C14H10BrN3O/c15-11-3-1-2-4-12(11)17-14(19)10-5-6-13-16-7-8-18(13)9-10/h1-9H,(H,17,19). The number of pyridine rings is 1. The molecule has 0 bridgehead atoms. The topological polar surface area (TPSA) is 46.4 Å². The van der Waals surface area contributed by atoms with Crippen molar-refractivity contribution in [3.05, 3.63) is 65.0 Å². The zero-order valence-corrected chi connectivity index (χ0v) is 11.5. The summed E-state index contributed by atoms with van der Waals surface area (Å²) in [5, 5.41) is 2.86. The molecule has 0 unspecified atom stereocenters. The van der Waals surface area contributed by atoms with Gasteiger partial charge < -0.3 is 9.72 Å². The van der Waals surface area contributed by atoms with E-state index >= 15 is 0 Å². The average molecular weight is 316 g/mol. The first-order chi connectivity index (χ1) is 9.24.